The minimum absolute atomic E-state index is 0.167. The van der Waals surface area contributed by atoms with Crippen LogP contribution in [0.3, 0.4) is 0 Å². The van der Waals surface area contributed by atoms with E-state index in [1.165, 1.54) is 0 Å². The zero-order chi connectivity index (χ0) is 8.36. The Morgan fingerprint density at radius 2 is 1.60 bits per heavy atom. The van der Waals surface area contributed by atoms with Crippen molar-refractivity contribution in [2.75, 3.05) is 0 Å². The van der Waals surface area contributed by atoms with Crippen LogP contribution in [0.4, 0.5) is 0 Å². The van der Waals surface area contributed by atoms with Gasteiger partial charge in [-0.2, -0.15) is 0 Å². The van der Waals surface area contributed by atoms with Gasteiger partial charge < -0.3 is 11.5 Å². The first-order valence-corrected chi connectivity index (χ1v) is 3.84. The van der Waals surface area contributed by atoms with E-state index in [1.807, 2.05) is 0 Å². The maximum absolute atomic E-state index is 5.52. The second-order valence-electron chi connectivity index (χ2n) is 4.32. The normalized spacial score (nSPS) is 15.9. The van der Waals surface area contributed by atoms with Gasteiger partial charge in [-0.3, -0.25) is 0 Å². The van der Waals surface area contributed by atoms with Gasteiger partial charge in [0.1, 0.15) is 0 Å². The molecule has 0 heterocycles. The van der Waals surface area contributed by atoms with E-state index in [0.29, 0.717) is 11.3 Å². The van der Waals surface area contributed by atoms with Gasteiger partial charge in [-0.25, -0.2) is 0 Å². The van der Waals surface area contributed by atoms with Gasteiger partial charge in [-0.1, -0.05) is 27.7 Å². The number of nitrogens with two attached hydrogens (primary N) is 2. The van der Waals surface area contributed by atoms with Gasteiger partial charge in [0.2, 0.25) is 0 Å². The van der Waals surface area contributed by atoms with E-state index in [-0.39, 0.29) is 6.17 Å². The monoisotopic (exact) mass is 144 g/mol. The lowest BCUT2D eigenvalue weighted by molar-refractivity contribution is 0.279. The summed E-state index contributed by atoms with van der Waals surface area (Å²) >= 11 is 0. The second kappa shape index (κ2) is 3.35. The van der Waals surface area contributed by atoms with Crippen molar-refractivity contribution in [2.24, 2.45) is 22.8 Å². The summed E-state index contributed by atoms with van der Waals surface area (Å²) in [6.07, 6.45) is 0.921. The third-order valence-electron chi connectivity index (χ3n) is 1.59. The minimum atomic E-state index is -0.167. The van der Waals surface area contributed by atoms with E-state index in [1.54, 1.807) is 0 Å². The molecule has 0 aromatic rings. The van der Waals surface area contributed by atoms with Crippen molar-refractivity contribution in [1.29, 1.82) is 0 Å². The Bertz CT molecular complexity index is 91.9. The average Bonchev–Trinajstić information content (AvgIpc) is 1.60. The van der Waals surface area contributed by atoms with Crippen LogP contribution in [0.2, 0.25) is 0 Å². The number of hydrogen-bond donors (Lipinski definition) is 2. The molecule has 0 rings (SSSR count). The van der Waals surface area contributed by atoms with Crippen LogP contribution in [0, 0.1) is 11.3 Å². The molecule has 0 aliphatic rings. The van der Waals surface area contributed by atoms with E-state index in [4.69, 9.17) is 11.5 Å². The highest BCUT2D eigenvalue weighted by Gasteiger charge is 2.17. The van der Waals surface area contributed by atoms with Crippen molar-refractivity contribution in [1.82, 2.24) is 0 Å². The summed E-state index contributed by atoms with van der Waals surface area (Å²) in [5.74, 6) is 0.417. The van der Waals surface area contributed by atoms with E-state index < -0.39 is 0 Å². The topological polar surface area (TPSA) is 52.0 Å². The maximum atomic E-state index is 5.52. The Hall–Kier alpha value is -0.0800. The van der Waals surface area contributed by atoms with Crippen LogP contribution in [-0.4, -0.2) is 6.17 Å². The van der Waals surface area contributed by atoms with Crippen LogP contribution < -0.4 is 11.5 Å². The quantitative estimate of drug-likeness (QED) is 0.574. The Labute approximate surface area is 64.0 Å². The van der Waals surface area contributed by atoms with Crippen molar-refractivity contribution in [2.45, 2.75) is 40.3 Å². The summed E-state index contributed by atoms with van der Waals surface area (Å²) in [5, 5.41) is 0. The molecule has 62 valence electrons. The molecule has 0 spiro atoms. The molecule has 0 aliphatic heterocycles. The molecule has 2 heteroatoms. The summed E-state index contributed by atoms with van der Waals surface area (Å²) in [6.45, 7) is 8.69. The van der Waals surface area contributed by atoms with E-state index in [9.17, 15) is 0 Å². The van der Waals surface area contributed by atoms with Crippen molar-refractivity contribution in [3.05, 3.63) is 0 Å². The summed E-state index contributed by atoms with van der Waals surface area (Å²) in [7, 11) is 0. The average molecular weight is 144 g/mol. The molecule has 0 radical (unpaired) electrons. The number of hydrogen-bond acceptors (Lipinski definition) is 2. The molecule has 0 aliphatic carbocycles. The number of rotatable bonds is 2. The van der Waals surface area contributed by atoms with Gasteiger partial charge >= 0.3 is 0 Å². The fourth-order valence-electron chi connectivity index (χ4n) is 1.10. The zero-order valence-corrected chi connectivity index (χ0v) is 7.52. The highest BCUT2D eigenvalue weighted by atomic mass is 14.9. The first-order chi connectivity index (χ1) is 4.33. The van der Waals surface area contributed by atoms with Gasteiger partial charge in [0.25, 0.3) is 0 Å². The molecule has 2 nitrogen and oxygen atoms in total. The molecule has 0 bridgehead atoms. The predicted octanol–water partition coefficient (Wildman–Crippen LogP) is 1.30. The standard InChI is InChI=1S/C8H20N2/c1-6(7(9)10)5-8(2,3)4/h6-7H,5,9-10H2,1-4H3. The Morgan fingerprint density at radius 3 is 1.70 bits per heavy atom. The van der Waals surface area contributed by atoms with Crippen LogP contribution in [0.5, 0.6) is 0 Å². The van der Waals surface area contributed by atoms with Gasteiger partial charge in [-0.15, -0.1) is 0 Å². The Balaban J connectivity index is 3.68. The molecule has 0 fully saturated rings. The first-order valence-electron chi connectivity index (χ1n) is 3.84. The Kier molecular flexibility index (Phi) is 3.33. The minimum Gasteiger partial charge on any atom is -0.316 e. The van der Waals surface area contributed by atoms with E-state index in [0.717, 1.165) is 6.42 Å². The third-order valence-corrected chi connectivity index (χ3v) is 1.59. The molecule has 1 unspecified atom stereocenters. The molecule has 1 atom stereocenters. The highest BCUT2D eigenvalue weighted by Crippen LogP contribution is 2.24. The lowest BCUT2D eigenvalue weighted by Gasteiger charge is -2.25. The smallest absolute Gasteiger partial charge is 0.0547 e. The summed E-state index contributed by atoms with van der Waals surface area (Å²) in [6, 6.07) is 0. The Morgan fingerprint density at radius 1 is 1.20 bits per heavy atom. The predicted molar refractivity (Wildman–Crippen MR) is 45.4 cm³/mol. The summed E-state index contributed by atoms with van der Waals surface area (Å²) in [4.78, 5) is 0. The summed E-state index contributed by atoms with van der Waals surface area (Å²) in [5.41, 5.74) is 11.4. The molecule has 0 aromatic carbocycles. The molecular formula is C8H20N2. The van der Waals surface area contributed by atoms with E-state index >= 15 is 0 Å². The van der Waals surface area contributed by atoms with Crippen molar-refractivity contribution in [3.8, 4) is 0 Å². The van der Waals surface area contributed by atoms with Crippen molar-refractivity contribution in [3.63, 3.8) is 0 Å². The summed E-state index contributed by atoms with van der Waals surface area (Å²) < 4.78 is 0. The van der Waals surface area contributed by atoms with Gasteiger partial charge in [0, 0.05) is 0 Å². The van der Waals surface area contributed by atoms with Crippen LogP contribution >= 0.6 is 0 Å². The van der Waals surface area contributed by atoms with Crippen molar-refractivity contribution < 1.29 is 0 Å². The van der Waals surface area contributed by atoms with Crippen molar-refractivity contribution >= 4 is 0 Å². The molecular weight excluding hydrogens is 124 g/mol. The molecule has 0 amide bonds. The first kappa shape index (κ1) is 9.92. The van der Waals surface area contributed by atoms with E-state index in [2.05, 4.69) is 27.7 Å². The fourth-order valence-corrected chi connectivity index (χ4v) is 1.10. The highest BCUT2D eigenvalue weighted by molar-refractivity contribution is 4.70. The molecule has 0 aromatic heterocycles. The van der Waals surface area contributed by atoms with Crippen LogP contribution in [0.1, 0.15) is 34.1 Å². The SMILES string of the molecule is CC(CC(C)(C)C)C(N)N. The van der Waals surface area contributed by atoms with Crippen LogP contribution in [-0.2, 0) is 0 Å². The fraction of sp³-hybridized carbons (Fsp3) is 1.00. The van der Waals surface area contributed by atoms with Gasteiger partial charge in [-0.05, 0) is 17.8 Å². The molecule has 4 N–H and O–H groups in total. The molecule has 0 saturated heterocycles. The zero-order valence-electron chi connectivity index (χ0n) is 7.52. The van der Waals surface area contributed by atoms with Gasteiger partial charge in [0.15, 0.2) is 0 Å². The second-order valence-corrected chi connectivity index (χ2v) is 4.32. The largest absolute Gasteiger partial charge is 0.316 e. The molecule has 10 heavy (non-hydrogen) atoms. The molecule has 0 saturated carbocycles. The maximum Gasteiger partial charge on any atom is 0.0547 e. The third kappa shape index (κ3) is 4.77. The lowest BCUT2D eigenvalue weighted by atomic mass is 9.84. The van der Waals surface area contributed by atoms with Crippen LogP contribution in [0.25, 0.3) is 0 Å². The lowest BCUT2D eigenvalue weighted by Crippen LogP contribution is -2.38. The van der Waals surface area contributed by atoms with Gasteiger partial charge in [0.05, 0.1) is 6.17 Å². The van der Waals surface area contributed by atoms with Crippen LogP contribution in [0.15, 0.2) is 0 Å².